The molecule has 0 heterocycles. The monoisotopic (exact) mass is 388 g/mol. The minimum atomic E-state index is -0.685. The van der Waals surface area contributed by atoms with Crippen molar-refractivity contribution in [3.05, 3.63) is 66.6 Å². The lowest BCUT2D eigenvalue weighted by atomic mass is 10.1. The molecule has 2 rings (SSSR count). The molecule has 0 fully saturated rings. The van der Waals surface area contributed by atoms with Gasteiger partial charge >= 0.3 is 5.69 Å². The number of benzene rings is 2. The average Bonchev–Trinajstić information content (AvgIpc) is 2.42. The van der Waals surface area contributed by atoms with E-state index in [0.29, 0.717) is 15.2 Å². The van der Waals surface area contributed by atoms with Crippen molar-refractivity contribution in [2.24, 2.45) is 0 Å². The summed E-state index contributed by atoms with van der Waals surface area (Å²) in [6, 6.07) is 8.94. The summed E-state index contributed by atoms with van der Waals surface area (Å²) in [7, 11) is 0. The Morgan fingerprint density at radius 1 is 1.19 bits per heavy atom. The van der Waals surface area contributed by atoms with E-state index in [9.17, 15) is 14.9 Å². The van der Waals surface area contributed by atoms with Crippen LogP contribution in [0, 0.1) is 10.1 Å². The van der Waals surface area contributed by atoms with Crippen LogP contribution in [0.5, 0.6) is 0 Å². The highest BCUT2D eigenvalue weighted by molar-refractivity contribution is 9.10. The largest absolute Gasteiger partial charge is 0.322 e. The van der Waals surface area contributed by atoms with E-state index in [1.54, 1.807) is 18.2 Å². The lowest BCUT2D eigenvalue weighted by molar-refractivity contribution is -0.385. The second-order valence-electron chi connectivity index (χ2n) is 3.98. The van der Waals surface area contributed by atoms with Gasteiger partial charge in [-0.15, -0.1) is 0 Å². The minimum absolute atomic E-state index is 0.0927. The van der Waals surface area contributed by atoms with Crippen LogP contribution in [0.4, 0.5) is 11.4 Å². The molecule has 0 saturated carbocycles. The third-order valence-electron chi connectivity index (χ3n) is 2.59. The Balaban J connectivity index is 2.35. The fraction of sp³-hybridized carbons (Fsp3) is 0. The van der Waals surface area contributed by atoms with Crippen LogP contribution in [0.1, 0.15) is 10.4 Å². The highest BCUT2D eigenvalue weighted by atomic mass is 79.9. The van der Waals surface area contributed by atoms with Gasteiger partial charge in [0, 0.05) is 10.2 Å². The van der Waals surface area contributed by atoms with Crippen molar-refractivity contribution in [1.29, 1.82) is 0 Å². The summed E-state index contributed by atoms with van der Waals surface area (Å²) in [5, 5.41) is 14.0. The van der Waals surface area contributed by atoms with Crippen molar-refractivity contribution in [3.63, 3.8) is 0 Å². The fourth-order valence-corrected chi connectivity index (χ4v) is 2.40. The van der Waals surface area contributed by atoms with Gasteiger partial charge in [-0.05, 0) is 46.3 Å². The van der Waals surface area contributed by atoms with E-state index < -0.39 is 16.5 Å². The first kappa shape index (κ1) is 15.8. The number of rotatable bonds is 3. The van der Waals surface area contributed by atoms with Gasteiger partial charge < -0.3 is 5.32 Å². The number of nitro groups is 1. The highest BCUT2D eigenvalue weighted by Crippen LogP contribution is 2.30. The van der Waals surface area contributed by atoms with Crippen molar-refractivity contribution in [1.82, 2.24) is 0 Å². The molecule has 5 nitrogen and oxygen atoms in total. The van der Waals surface area contributed by atoms with Crippen molar-refractivity contribution >= 4 is 56.4 Å². The molecule has 0 aliphatic heterocycles. The first-order chi connectivity index (χ1) is 9.90. The zero-order valence-corrected chi connectivity index (χ0v) is 13.4. The molecule has 0 aromatic heterocycles. The predicted octanol–water partition coefficient (Wildman–Crippen LogP) is 4.92. The third kappa shape index (κ3) is 3.53. The molecule has 2 aromatic carbocycles. The van der Waals surface area contributed by atoms with E-state index in [2.05, 4.69) is 21.2 Å². The quantitative estimate of drug-likeness (QED) is 0.598. The molecule has 0 aliphatic rings. The van der Waals surface area contributed by atoms with Crippen LogP contribution in [-0.4, -0.2) is 10.8 Å². The lowest BCUT2D eigenvalue weighted by Crippen LogP contribution is -2.14. The Labute approximate surface area is 138 Å². The molecule has 0 bridgehead atoms. The van der Waals surface area contributed by atoms with Gasteiger partial charge in [0.1, 0.15) is 10.6 Å². The molecule has 1 amide bonds. The van der Waals surface area contributed by atoms with Crippen LogP contribution in [0.15, 0.2) is 40.9 Å². The molecular weight excluding hydrogens is 383 g/mol. The van der Waals surface area contributed by atoms with Gasteiger partial charge in [0.25, 0.3) is 5.91 Å². The molecule has 2 aromatic rings. The van der Waals surface area contributed by atoms with E-state index in [1.165, 1.54) is 18.2 Å². The summed E-state index contributed by atoms with van der Waals surface area (Å²) in [4.78, 5) is 22.5. The van der Waals surface area contributed by atoms with Crippen molar-refractivity contribution in [3.8, 4) is 0 Å². The van der Waals surface area contributed by atoms with Crippen molar-refractivity contribution < 1.29 is 9.72 Å². The molecule has 108 valence electrons. The zero-order valence-electron chi connectivity index (χ0n) is 10.3. The topological polar surface area (TPSA) is 72.2 Å². The standard InChI is InChI=1S/C13H7BrCl2N2O3/c14-9-6-7(4-5-10(9)15)17-13(19)8-2-1-3-11(16)12(8)18(20)21/h1-6H,(H,17,19). The molecular formula is C13H7BrCl2N2O3. The van der Waals surface area contributed by atoms with Gasteiger partial charge in [0.2, 0.25) is 0 Å². The van der Waals surface area contributed by atoms with Crippen LogP contribution < -0.4 is 5.32 Å². The van der Waals surface area contributed by atoms with Gasteiger partial charge in [-0.2, -0.15) is 0 Å². The molecule has 0 spiro atoms. The Morgan fingerprint density at radius 2 is 1.90 bits per heavy atom. The number of anilines is 1. The van der Waals surface area contributed by atoms with Crippen LogP contribution in [-0.2, 0) is 0 Å². The minimum Gasteiger partial charge on any atom is -0.322 e. The van der Waals surface area contributed by atoms with Crippen LogP contribution >= 0.6 is 39.1 Å². The fourth-order valence-electron chi connectivity index (χ4n) is 1.66. The Bertz CT molecular complexity index is 737. The van der Waals surface area contributed by atoms with E-state index in [-0.39, 0.29) is 10.6 Å². The number of amides is 1. The summed E-state index contributed by atoms with van der Waals surface area (Å²) in [6.07, 6.45) is 0. The SMILES string of the molecule is O=C(Nc1ccc(Cl)c(Br)c1)c1cccc(Cl)c1[N+](=O)[O-]. The maximum Gasteiger partial charge on any atom is 0.300 e. The summed E-state index contributed by atoms with van der Waals surface area (Å²) in [5.41, 5.74) is -0.0891. The van der Waals surface area contributed by atoms with Crippen molar-refractivity contribution in [2.75, 3.05) is 5.32 Å². The number of nitro benzene ring substituents is 1. The molecule has 0 aliphatic carbocycles. The first-order valence-electron chi connectivity index (χ1n) is 5.59. The molecule has 1 N–H and O–H groups in total. The van der Waals surface area contributed by atoms with Gasteiger partial charge in [0.05, 0.1) is 9.95 Å². The van der Waals surface area contributed by atoms with Crippen LogP contribution in [0.3, 0.4) is 0 Å². The average molecular weight is 390 g/mol. The number of carbonyl (C=O) groups is 1. The Hall–Kier alpha value is -1.63. The molecule has 0 unspecified atom stereocenters. The molecule has 0 saturated heterocycles. The maximum atomic E-state index is 12.2. The second kappa shape index (κ2) is 6.43. The highest BCUT2D eigenvalue weighted by Gasteiger charge is 2.23. The molecule has 0 atom stereocenters. The zero-order chi connectivity index (χ0) is 15.6. The number of carbonyl (C=O) groups excluding carboxylic acids is 1. The second-order valence-corrected chi connectivity index (χ2v) is 5.64. The number of nitrogens with zero attached hydrogens (tertiary/aromatic N) is 1. The van der Waals surface area contributed by atoms with Gasteiger partial charge in [-0.25, -0.2) is 0 Å². The van der Waals surface area contributed by atoms with Crippen molar-refractivity contribution in [2.45, 2.75) is 0 Å². The smallest absolute Gasteiger partial charge is 0.300 e. The summed E-state index contributed by atoms with van der Waals surface area (Å²) in [5.74, 6) is -0.626. The van der Waals surface area contributed by atoms with E-state index >= 15 is 0 Å². The van der Waals surface area contributed by atoms with Crippen LogP contribution in [0.2, 0.25) is 10.0 Å². The molecule has 8 heteroatoms. The normalized spacial score (nSPS) is 10.2. The summed E-state index contributed by atoms with van der Waals surface area (Å²) >= 11 is 14.9. The Kier molecular flexibility index (Phi) is 4.82. The first-order valence-corrected chi connectivity index (χ1v) is 7.14. The number of hydrogen-bond acceptors (Lipinski definition) is 3. The Morgan fingerprint density at radius 3 is 2.52 bits per heavy atom. The van der Waals surface area contributed by atoms with Gasteiger partial charge in [0.15, 0.2) is 0 Å². The summed E-state index contributed by atoms with van der Waals surface area (Å²) < 4.78 is 0.600. The lowest BCUT2D eigenvalue weighted by Gasteiger charge is -2.07. The van der Waals surface area contributed by atoms with E-state index in [0.717, 1.165) is 0 Å². The number of halogens is 3. The summed E-state index contributed by atoms with van der Waals surface area (Å²) in [6.45, 7) is 0. The maximum absolute atomic E-state index is 12.2. The molecule has 21 heavy (non-hydrogen) atoms. The number of hydrogen-bond donors (Lipinski definition) is 1. The van der Waals surface area contributed by atoms with E-state index in [4.69, 9.17) is 23.2 Å². The number of para-hydroxylation sites is 1. The van der Waals surface area contributed by atoms with Gasteiger partial charge in [-0.3, -0.25) is 14.9 Å². The molecule has 0 radical (unpaired) electrons. The third-order valence-corrected chi connectivity index (χ3v) is 4.11. The predicted molar refractivity (Wildman–Crippen MR) is 85.2 cm³/mol. The van der Waals surface area contributed by atoms with Crippen LogP contribution in [0.25, 0.3) is 0 Å². The van der Waals surface area contributed by atoms with E-state index in [1.807, 2.05) is 0 Å². The number of nitrogens with one attached hydrogen (secondary N) is 1. The van der Waals surface area contributed by atoms with Gasteiger partial charge in [-0.1, -0.05) is 29.3 Å².